The van der Waals surface area contributed by atoms with Gasteiger partial charge in [-0.2, -0.15) is 13.2 Å². The SMILES string of the molecule is CC1CCC(N)(c2cccc(C(F)(F)F)c2)CC1C. The minimum Gasteiger partial charge on any atom is -0.321 e. The number of halogens is 3. The van der Waals surface area contributed by atoms with E-state index >= 15 is 0 Å². The molecule has 1 saturated carbocycles. The molecule has 0 heterocycles. The molecule has 0 radical (unpaired) electrons. The van der Waals surface area contributed by atoms with Gasteiger partial charge in [0, 0.05) is 5.54 Å². The normalized spacial score (nSPS) is 32.3. The van der Waals surface area contributed by atoms with Crippen LogP contribution in [0.1, 0.15) is 44.2 Å². The van der Waals surface area contributed by atoms with E-state index in [9.17, 15) is 13.2 Å². The topological polar surface area (TPSA) is 26.0 Å². The van der Waals surface area contributed by atoms with Crippen molar-refractivity contribution in [2.75, 3.05) is 0 Å². The van der Waals surface area contributed by atoms with E-state index in [1.54, 1.807) is 6.07 Å². The third kappa shape index (κ3) is 2.94. The number of alkyl halides is 3. The highest BCUT2D eigenvalue weighted by atomic mass is 19.4. The Labute approximate surface area is 112 Å². The Morgan fingerprint density at radius 1 is 1.21 bits per heavy atom. The molecule has 3 atom stereocenters. The molecule has 19 heavy (non-hydrogen) atoms. The van der Waals surface area contributed by atoms with E-state index in [1.807, 2.05) is 0 Å². The summed E-state index contributed by atoms with van der Waals surface area (Å²) in [4.78, 5) is 0. The number of nitrogens with two attached hydrogens (primary N) is 1. The fourth-order valence-corrected chi connectivity index (χ4v) is 2.91. The summed E-state index contributed by atoms with van der Waals surface area (Å²) in [6.07, 6.45) is -1.84. The highest BCUT2D eigenvalue weighted by Crippen LogP contribution is 2.42. The lowest BCUT2D eigenvalue weighted by Gasteiger charge is -2.40. The average Bonchev–Trinajstić information content (AvgIpc) is 2.34. The fourth-order valence-electron chi connectivity index (χ4n) is 2.91. The van der Waals surface area contributed by atoms with Gasteiger partial charge in [-0.15, -0.1) is 0 Å². The van der Waals surface area contributed by atoms with Crippen LogP contribution in [0.3, 0.4) is 0 Å². The van der Waals surface area contributed by atoms with E-state index in [0.717, 1.165) is 25.3 Å². The van der Waals surface area contributed by atoms with Crippen molar-refractivity contribution in [3.05, 3.63) is 35.4 Å². The number of hydrogen-bond donors (Lipinski definition) is 1. The zero-order valence-electron chi connectivity index (χ0n) is 11.3. The van der Waals surface area contributed by atoms with E-state index in [2.05, 4.69) is 13.8 Å². The summed E-state index contributed by atoms with van der Waals surface area (Å²) in [6.45, 7) is 4.30. The zero-order valence-corrected chi connectivity index (χ0v) is 11.3. The molecule has 1 aromatic carbocycles. The van der Waals surface area contributed by atoms with E-state index in [-0.39, 0.29) is 0 Å². The average molecular weight is 271 g/mol. The second kappa shape index (κ2) is 4.82. The van der Waals surface area contributed by atoms with Crippen molar-refractivity contribution in [3.63, 3.8) is 0 Å². The third-order valence-electron chi connectivity index (χ3n) is 4.47. The van der Waals surface area contributed by atoms with Crippen LogP contribution in [-0.2, 0) is 11.7 Å². The maximum absolute atomic E-state index is 12.8. The summed E-state index contributed by atoms with van der Waals surface area (Å²) in [7, 11) is 0. The lowest BCUT2D eigenvalue weighted by atomic mass is 9.69. The molecular weight excluding hydrogens is 251 g/mol. The Morgan fingerprint density at radius 3 is 2.47 bits per heavy atom. The largest absolute Gasteiger partial charge is 0.416 e. The van der Waals surface area contributed by atoms with Gasteiger partial charge >= 0.3 is 6.18 Å². The molecule has 2 N–H and O–H groups in total. The standard InChI is InChI=1S/C15H20F3N/c1-10-6-7-14(19,9-11(10)2)12-4-3-5-13(8-12)15(16,17)18/h3-5,8,10-11H,6-7,9,19H2,1-2H3. The van der Waals surface area contributed by atoms with Crippen LogP contribution in [0.5, 0.6) is 0 Å². The van der Waals surface area contributed by atoms with Crippen molar-refractivity contribution in [2.45, 2.75) is 44.8 Å². The smallest absolute Gasteiger partial charge is 0.321 e. The Kier molecular flexibility index (Phi) is 3.65. The Bertz CT molecular complexity index is 455. The van der Waals surface area contributed by atoms with Gasteiger partial charge in [-0.3, -0.25) is 0 Å². The molecule has 3 unspecified atom stereocenters. The van der Waals surface area contributed by atoms with Crippen LogP contribution in [0, 0.1) is 11.8 Å². The predicted octanol–water partition coefficient (Wildman–Crippen LogP) is 4.32. The van der Waals surface area contributed by atoms with Crippen LogP contribution in [0.4, 0.5) is 13.2 Å². The minimum atomic E-state index is -4.31. The highest BCUT2D eigenvalue weighted by molar-refractivity contribution is 5.31. The van der Waals surface area contributed by atoms with Crippen LogP contribution < -0.4 is 5.73 Å². The third-order valence-corrected chi connectivity index (χ3v) is 4.47. The van der Waals surface area contributed by atoms with Crippen LogP contribution in [0.2, 0.25) is 0 Å². The van der Waals surface area contributed by atoms with Crippen molar-refractivity contribution >= 4 is 0 Å². The second-order valence-corrected chi connectivity index (χ2v) is 5.93. The first kappa shape index (κ1) is 14.4. The molecule has 2 rings (SSSR count). The van der Waals surface area contributed by atoms with Crippen LogP contribution in [0.15, 0.2) is 24.3 Å². The lowest BCUT2D eigenvalue weighted by Crippen LogP contribution is -2.43. The van der Waals surface area contributed by atoms with E-state index in [4.69, 9.17) is 5.73 Å². The molecule has 1 aromatic rings. The molecule has 1 aliphatic rings. The highest BCUT2D eigenvalue weighted by Gasteiger charge is 2.37. The fraction of sp³-hybridized carbons (Fsp3) is 0.600. The summed E-state index contributed by atoms with van der Waals surface area (Å²) >= 11 is 0. The van der Waals surface area contributed by atoms with E-state index in [1.165, 1.54) is 12.1 Å². The molecule has 0 bridgehead atoms. The molecule has 0 aromatic heterocycles. The van der Waals surface area contributed by atoms with Gasteiger partial charge in [-0.1, -0.05) is 26.0 Å². The van der Waals surface area contributed by atoms with Gasteiger partial charge in [0.25, 0.3) is 0 Å². The summed E-state index contributed by atoms with van der Waals surface area (Å²) in [6, 6.07) is 5.48. The lowest BCUT2D eigenvalue weighted by molar-refractivity contribution is -0.137. The minimum absolute atomic E-state index is 0.438. The number of benzene rings is 1. The molecule has 4 heteroatoms. The van der Waals surface area contributed by atoms with E-state index in [0.29, 0.717) is 17.4 Å². The van der Waals surface area contributed by atoms with Crippen molar-refractivity contribution in [1.82, 2.24) is 0 Å². The van der Waals surface area contributed by atoms with Gasteiger partial charge in [0.1, 0.15) is 0 Å². The molecule has 106 valence electrons. The van der Waals surface area contributed by atoms with Gasteiger partial charge < -0.3 is 5.73 Å². The Balaban J connectivity index is 2.31. The molecule has 1 fully saturated rings. The van der Waals surface area contributed by atoms with Crippen molar-refractivity contribution < 1.29 is 13.2 Å². The first-order valence-electron chi connectivity index (χ1n) is 6.69. The van der Waals surface area contributed by atoms with Crippen LogP contribution in [-0.4, -0.2) is 0 Å². The van der Waals surface area contributed by atoms with Crippen LogP contribution in [0.25, 0.3) is 0 Å². The first-order chi connectivity index (χ1) is 8.72. The molecule has 0 amide bonds. The first-order valence-corrected chi connectivity index (χ1v) is 6.69. The van der Waals surface area contributed by atoms with Gasteiger partial charge in [0.05, 0.1) is 5.56 Å². The molecular formula is C15H20F3N. The molecule has 1 nitrogen and oxygen atoms in total. The predicted molar refractivity (Wildman–Crippen MR) is 69.5 cm³/mol. The summed E-state index contributed by atoms with van der Waals surface area (Å²) < 4.78 is 38.3. The van der Waals surface area contributed by atoms with Crippen LogP contribution >= 0.6 is 0 Å². The van der Waals surface area contributed by atoms with Gasteiger partial charge in [0.2, 0.25) is 0 Å². The Hall–Kier alpha value is -1.03. The molecule has 1 aliphatic carbocycles. The molecule has 0 aliphatic heterocycles. The summed E-state index contributed by atoms with van der Waals surface area (Å²) in [5.74, 6) is 1.02. The molecule has 0 saturated heterocycles. The maximum atomic E-state index is 12.8. The Morgan fingerprint density at radius 2 is 1.89 bits per heavy atom. The van der Waals surface area contributed by atoms with Crippen molar-refractivity contribution in [2.24, 2.45) is 17.6 Å². The van der Waals surface area contributed by atoms with Gasteiger partial charge in [0.15, 0.2) is 0 Å². The quantitative estimate of drug-likeness (QED) is 0.809. The van der Waals surface area contributed by atoms with Gasteiger partial charge in [-0.05, 0) is 48.8 Å². The van der Waals surface area contributed by atoms with Crippen molar-refractivity contribution in [3.8, 4) is 0 Å². The van der Waals surface area contributed by atoms with E-state index < -0.39 is 17.3 Å². The maximum Gasteiger partial charge on any atom is 0.416 e. The summed E-state index contributed by atoms with van der Waals surface area (Å²) in [5, 5.41) is 0. The second-order valence-electron chi connectivity index (χ2n) is 5.93. The molecule has 0 spiro atoms. The van der Waals surface area contributed by atoms with Crippen molar-refractivity contribution in [1.29, 1.82) is 0 Å². The number of rotatable bonds is 1. The number of hydrogen-bond acceptors (Lipinski definition) is 1. The summed E-state index contributed by atoms with van der Waals surface area (Å²) in [5.41, 5.74) is 5.76. The van der Waals surface area contributed by atoms with Gasteiger partial charge in [-0.25, -0.2) is 0 Å². The monoisotopic (exact) mass is 271 g/mol. The zero-order chi connectivity index (χ0) is 14.3.